The zero-order valence-corrected chi connectivity index (χ0v) is 9.53. The smallest absolute Gasteiger partial charge is 0.0638 e. The third-order valence-electron chi connectivity index (χ3n) is 2.28. The number of nitrogens with one attached hydrogen (secondary N) is 1. The fraction of sp³-hybridized carbons (Fsp3) is 0.700. The van der Waals surface area contributed by atoms with Crippen LogP contribution in [0.1, 0.15) is 11.3 Å². The summed E-state index contributed by atoms with van der Waals surface area (Å²) in [6.07, 6.45) is 1.98. The number of aromatic nitrogens is 2. The van der Waals surface area contributed by atoms with E-state index in [1.807, 2.05) is 20.2 Å². The standard InChI is InChI=1S/C10H19N3O2/c1-8-9(5-13(2)12-8)4-11-10(6-14)7-15-3/h5,10-11,14H,4,6-7H2,1-3H3. The van der Waals surface area contributed by atoms with Crippen molar-refractivity contribution >= 4 is 0 Å². The van der Waals surface area contributed by atoms with Gasteiger partial charge < -0.3 is 15.2 Å². The van der Waals surface area contributed by atoms with Crippen LogP contribution >= 0.6 is 0 Å². The van der Waals surface area contributed by atoms with Crippen molar-refractivity contribution in [1.82, 2.24) is 15.1 Å². The van der Waals surface area contributed by atoms with Crippen LogP contribution in [0.3, 0.4) is 0 Å². The molecule has 0 amide bonds. The van der Waals surface area contributed by atoms with Gasteiger partial charge in [-0.25, -0.2) is 0 Å². The fourth-order valence-corrected chi connectivity index (χ4v) is 1.45. The van der Waals surface area contributed by atoms with Crippen molar-refractivity contribution in [3.8, 4) is 0 Å². The van der Waals surface area contributed by atoms with Gasteiger partial charge in [0, 0.05) is 32.5 Å². The molecule has 0 radical (unpaired) electrons. The zero-order chi connectivity index (χ0) is 11.3. The summed E-state index contributed by atoms with van der Waals surface area (Å²) in [4.78, 5) is 0. The lowest BCUT2D eigenvalue weighted by Gasteiger charge is -2.14. The number of aliphatic hydroxyl groups is 1. The topological polar surface area (TPSA) is 59.3 Å². The third-order valence-corrected chi connectivity index (χ3v) is 2.28. The van der Waals surface area contributed by atoms with Gasteiger partial charge in [-0.05, 0) is 6.92 Å². The van der Waals surface area contributed by atoms with E-state index >= 15 is 0 Å². The van der Waals surface area contributed by atoms with Crippen LogP contribution < -0.4 is 5.32 Å². The Balaban J connectivity index is 2.44. The van der Waals surface area contributed by atoms with Crippen molar-refractivity contribution in [3.63, 3.8) is 0 Å². The highest BCUT2D eigenvalue weighted by atomic mass is 16.5. The Morgan fingerprint density at radius 1 is 1.67 bits per heavy atom. The Morgan fingerprint density at radius 3 is 2.87 bits per heavy atom. The average Bonchev–Trinajstić information content (AvgIpc) is 2.52. The molecule has 1 atom stereocenters. The van der Waals surface area contributed by atoms with E-state index in [0.717, 1.165) is 11.3 Å². The predicted molar refractivity (Wildman–Crippen MR) is 57.5 cm³/mol. The van der Waals surface area contributed by atoms with Gasteiger partial charge in [0.25, 0.3) is 0 Å². The molecule has 5 nitrogen and oxygen atoms in total. The first-order valence-electron chi connectivity index (χ1n) is 4.99. The molecule has 1 heterocycles. The van der Waals surface area contributed by atoms with Crippen molar-refractivity contribution in [2.75, 3.05) is 20.3 Å². The Bertz CT molecular complexity index is 299. The van der Waals surface area contributed by atoms with Crippen LogP contribution in [0, 0.1) is 6.92 Å². The van der Waals surface area contributed by atoms with E-state index in [-0.39, 0.29) is 12.6 Å². The van der Waals surface area contributed by atoms with Gasteiger partial charge in [0.1, 0.15) is 0 Å². The van der Waals surface area contributed by atoms with Crippen molar-refractivity contribution in [1.29, 1.82) is 0 Å². The fourth-order valence-electron chi connectivity index (χ4n) is 1.45. The lowest BCUT2D eigenvalue weighted by atomic mass is 10.2. The van der Waals surface area contributed by atoms with Crippen LogP contribution in [0.4, 0.5) is 0 Å². The van der Waals surface area contributed by atoms with Crippen molar-refractivity contribution < 1.29 is 9.84 Å². The third kappa shape index (κ3) is 3.62. The molecule has 2 N–H and O–H groups in total. The number of nitrogens with zero attached hydrogens (tertiary/aromatic N) is 2. The maximum absolute atomic E-state index is 9.05. The Kier molecular flexibility index (Phi) is 4.74. The summed E-state index contributed by atoms with van der Waals surface area (Å²) in [6.45, 7) is 3.26. The largest absolute Gasteiger partial charge is 0.395 e. The van der Waals surface area contributed by atoms with Gasteiger partial charge in [0.05, 0.1) is 24.9 Å². The van der Waals surface area contributed by atoms with Gasteiger partial charge in [-0.3, -0.25) is 4.68 Å². The van der Waals surface area contributed by atoms with Crippen LogP contribution in [-0.2, 0) is 18.3 Å². The molecule has 0 bridgehead atoms. The summed E-state index contributed by atoms with van der Waals surface area (Å²) in [5.41, 5.74) is 2.16. The van der Waals surface area contributed by atoms with Gasteiger partial charge in [-0.15, -0.1) is 0 Å². The summed E-state index contributed by atoms with van der Waals surface area (Å²) in [5, 5.41) is 16.5. The normalized spacial score (nSPS) is 13.1. The van der Waals surface area contributed by atoms with E-state index in [4.69, 9.17) is 9.84 Å². The number of aryl methyl sites for hydroxylation is 2. The molecule has 1 rings (SSSR count). The molecule has 0 saturated carbocycles. The Morgan fingerprint density at radius 2 is 2.40 bits per heavy atom. The van der Waals surface area contributed by atoms with E-state index < -0.39 is 0 Å². The van der Waals surface area contributed by atoms with Gasteiger partial charge in [0.15, 0.2) is 0 Å². The minimum absolute atomic E-state index is 0.0189. The zero-order valence-electron chi connectivity index (χ0n) is 9.53. The molecule has 0 aliphatic rings. The molecule has 1 unspecified atom stereocenters. The molecular formula is C10H19N3O2. The molecule has 0 aliphatic heterocycles. The van der Waals surface area contributed by atoms with Gasteiger partial charge in [-0.2, -0.15) is 5.10 Å². The lowest BCUT2D eigenvalue weighted by Crippen LogP contribution is -2.35. The number of hydrogen-bond donors (Lipinski definition) is 2. The highest BCUT2D eigenvalue weighted by molar-refractivity contribution is 5.14. The van der Waals surface area contributed by atoms with E-state index in [1.54, 1.807) is 11.8 Å². The second kappa shape index (κ2) is 5.85. The van der Waals surface area contributed by atoms with E-state index in [1.165, 1.54) is 0 Å². The highest BCUT2D eigenvalue weighted by Gasteiger charge is 2.08. The summed E-state index contributed by atoms with van der Waals surface area (Å²) in [6, 6.07) is -0.0189. The summed E-state index contributed by atoms with van der Waals surface area (Å²) >= 11 is 0. The molecule has 1 aromatic heterocycles. The lowest BCUT2D eigenvalue weighted by molar-refractivity contribution is 0.128. The SMILES string of the molecule is COCC(CO)NCc1cn(C)nc1C. The number of aliphatic hydroxyl groups excluding tert-OH is 1. The second-order valence-electron chi connectivity index (χ2n) is 3.63. The number of hydrogen-bond acceptors (Lipinski definition) is 4. The number of rotatable bonds is 6. The molecule has 15 heavy (non-hydrogen) atoms. The number of methoxy groups -OCH3 is 1. The van der Waals surface area contributed by atoms with Gasteiger partial charge in [0.2, 0.25) is 0 Å². The van der Waals surface area contributed by atoms with Gasteiger partial charge in [-0.1, -0.05) is 0 Å². The van der Waals surface area contributed by atoms with Crippen LogP contribution in [-0.4, -0.2) is 41.3 Å². The van der Waals surface area contributed by atoms with Crippen LogP contribution in [0.25, 0.3) is 0 Å². The molecule has 0 fully saturated rings. The molecule has 0 saturated heterocycles. The van der Waals surface area contributed by atoms with Crippen LogP contribution in [0.2, 0.25) is 0 Å². The molecule has 5 heteroatoms. The summed E-state index contributed by atoms with van der Waals surface area (Å²) in [7, 11) is 3.52. The molecular weight excluding hydrogens is 194 g/mol. The minimum atomic E-state index is -0.0189. The Labute approximate surface area is 90.1 Å². The highest BCUT2D eigenvalue weighted by Crippen LogP contribution is 2.04. The number of ether oxygens (including phenoxy) is 1. The average molecular weight is 213 g/mol. The van der Waals surface area contributed by atoms with E-state index in [2.05, 4.69) is 10.4 Å². The second-order valence-corrected chi connectivity index (χ2v) is 3.63. The van der Waals surface area contributed by atoms with Crippen molar-refractivity contribution in [2.45, 2.75) is 19.5 Å². The maximum atomic E-state index is 9.05. The monoisotopic (exact) mass is 213 g/mol. The minimum Gasteiger partial charge on any atom is -0.395 e. The first kappa shape index (κ1) is 12.2. The molecule has 86 valence electrons. The first-order chi connectivity index (χ1) is 7.17. The van der Waals surface area contributed by atoms with Crippen molar-refractivity contribution in [2.24, 2.45) is 7.05 Å². The summed E-state index contributed by atoms with van der Waals surface area (Å²) in [5.74, 6) is 0. The molecule has 0 aromatic carbocycles. The molecule has 1 aromatic rings. The van der Waals surface area contributed by atoms with Crippen LogP contribution in [0.15, 0.2) is 6.20 Å². The summed E-state index contributed by atoms with van der Waals surface area (Å²) < 4.78 is 6.76. The Hall–Kier alpha value is -0.910. The van der Waals surface area contributed by atoms with Crippen molar-refractivity contribution in [3.05, 3.63) is 17.5 Å². The quantitative estimate of drug-likeness (QED) is 0.688. The van der Waals surface area contributed by atoms with E-state index in [9.17, 15) is 0 Å². The molecule has 0 aliphatic carbocycles. The first-order valence-corrected chi connectivity index (χ1v) is 4.99. The maximum Gasteiger partial charge on any atom is 0.0638 e. The van der Waals surface area contributed by atoms with Crippen LogP contribution in [0.5, 0.6) is 0 Å². The predicted octanol–water partition coefficient (Wildman–Crippen LogP) is -0.175. The van der Waals surface area contributed by atoms with E-state index in [0.29, 0.717) is 13.2 Å². The molecule has 0 spiro atoms. The van der Waals surface area contributed by atoms with Gasteiger partial charge >= 0.3 is 0 Å².